The zero-order valence-electron chi connectivity index (χ0n) is 4.92. The highest BCUT2D eigenvalue weighted by molar-refractivity contribution is 7.16. The average Bonchev–Trinajstić information content (AvgIpc) is 1.68. The third kappa shape index (κ3) is 18.9. The Hall–Kier alpha value is -0.730. The van der Waals surface area contributed by atoms with E-state index >= 15 is 0 Å². The van der Waals surface area contributed by atoms with Crippen LogP contribution in [0.1, 0.15) is 6.92 Å². The fourth-order valence-corrected chi connectivity index (χ4v) is 0. The van der Waals surface area contributed by atoms with Crippen LogP contribution in [0, 0.1) is 0 Å². The highest BCUT2D eigenvalue weighted by atomic mass is 31.1. The zero-order valence-corrected chi connectivity index (χ0v) is 5.92. The molecule has 0 radical (unpaired) electrons. The topological polar surface area (TPSA) is 74.6 Å². The van der Waals surface area contributed by atoms with Crippen LogP contribution in [0.5, 0.6) is 0 Å². The second kappa shape index (κ2) is 7.27. The van der Waals surface area contributed by atoms with Crippen LogP contribution in [0.2, 0.25) is 0 Å². The molecule has 0 aliphatic rings. The number of aliphatic carboxylic acids is 1. The third-order valence-corrected chi connectivity index (χ3v) is 0.365. The Bertz CT molecular complexity index is 108. The van der Waals surface area contributed by atoms with E-state index in [9.17, 15) is 4.79 Å². The fraction of sp³-hybridized carbons (Fsp3) is 0.250. The Morgan fingerprint density at radius 1 is 1.67 bits per heavy atom. The highest BCUT2D eigenvalue weighted by Gasteiger charge is 1.90. The summed E-state index contributed by atoms with van der Waals surface area (Å²) in [6.45, 7) is 4.60. The second-order valence-electron chi connectivity index (χ2n) is 1.18. The first kappa shape index (κ1) is 11.1. The van der Waals surface area contributed by atoms with E-state index in [4.69, 9.17) is 14.6 Å². The smallest absolute Gasteiger partial charge is 0.478 e. The molecule has 0 aromatic heterocycles. The summed E-state index contributed by atoms with van der Waals surface area (Å²) in [5.74, 6) is -0.935. The number of carboxylic acid groups (broad SMARTS) is 1. The van der Waals surface area contributed by atoms with E-state index in [0.717, 1.165) is 0 Å². The summed E-state index contributed by atoms with van der Waals surface area (Å²) >= 11 is 0. The first-order chi connectivity index (χ1) is 4.06. The molecule has 1 atom stereocenters. The fourth-order valence-electron chi connectivity index (χ4n) is 0. The molecule has 0 saturated carbocycles. The summed E-state index contributed by atoms with van der Waals surface area (Å²) in [4.78, 5) is 16.6. The Balaban J connectivity index is 0. The molecular weight excluding hydrogens is 143 g/mol. The molecule has 0 aliphatic carbocycles. The predicted octanol–water partition coefficient (Wildman–Crippen LogP) is 0.565. The predicted molar refractivity (Wildman–Crippen MR) is 33.7 cm³/mol. The molecule has 0 spiro atoms. The van der Waals surface area contributed by atoms with Crippen molar-refractivity contribution >= 4 is 14.7 Å². The van der Waals surface area contributed by atoms with E-state index in [1.165, 1.54) is 6.92 Å². The van der Waals surface area contributed by atoms with Crippen LogP contribution in [-0.2, 0) is 9.36 Å². The van der Waals surface area contributed by atoms with Gasteiger partial charge in [0, 0.05) is 5.57 Å². The highest BCUT2D eigenvalue weighted by Crippen LogP contribution is 1.81. The van der Waals surface area contributed by atoms with Gasteiger partial charge in [-0.3, -0.25) is 0 Å². The molecule has 2 N–H and O–H groups in total. The largest absolute Gasteiger partial charge is 0.491 e. The van der Waals surface area contributed by atoms with E-state index in [2.05, 4.69) is 6.58 Å². The van der Waals surface area contributed by atoms with E-state index in [-0.39, 0.29) is 5.57 Å². The van der Waals surface area contributed by atoms with E-state index in [0.29, 0.717) is 0 Å². The molecule has 0 bridgehead atoms. The van der Waals surface area contributed by atoms with Crippen molar-refractivity contribution in [3.63, 3.8) is 0 Å². The van der Waals surface area contributed by atoms with Crippen molar-refractivity contribution < 1.29 is 19.4 Å². The third-order valence-electron chi connectivity index (χ3n) is 0.365. The summed E-state index contributed by atoms with van der Waals surface area (Å²) in [6, 6.07) is 0. The van der Waals surface area contributed by atoms with E-state index < -0.39 is 14.7 Å². The van der Waals surface area contributed by atoms with Gasteiger partial charge in [0.2, 0.25) is 0 Å². The molecule has 0 heterocycles. The lowest BCUT2D eigenvalue weighted by molar-refractivity contribution is -0.132. The molecule has 9 heavy (non-hydrogen) atoms. The Morgan fingerprint density at radius 3 is 1.78 bits per heavy atom. The van der Waals surface area contributed by atoms with Gasteiger partial charge in [-0.25, -0.2) is 4.79 Å². The van der Waals surface area contributed by atoms with Crippen molar-refractivity contribution in [1.82, 2.24) is 0 Å². The van der Waals surface area contributed by atoms with Crippen LogP contribution in [0.3, 0.4) is 0 Å². The van der Waals surface area contributed by atoms with Gasteiger partial charge in [0.05, 0.1) is 0 Å². The maximum absolute atomic E-state index is 9.60. The van der Waals surface area contributed by atoms with Gasteiger partial charge in [0.15, 0.2) is 0 Å². The van der Waals surface area contributed by atoms with Crippen molar-refractivity contribution in [2.24, 2.45) is 0 Å². The van der Waals surface area contributed by atoms with Gasteiger partial charge < -0.3 is 5.11 Å². The lowest BCUT2D eigenvalue weighted by atomic mass is 10.4. The molecule has 0 saturated heterocycles. The first-order valence-electron chi connectivity index (χ1n) is 1.96. The van der Waals surface area contributed by atoms with Crippen molar-refractivity contribution in [2.45, 2.75) is 6.92 Å². The number of hydrogen-bond donors (Lipinski definition) is 2. The molecule has 0 rings (SSSR count). The van der Waals surface area contributed by atoms with Gasteiger partial charge in [-0.1, -0.05) is 6.58 Å². The number of carbonyl (C=O) groups is 1. The minimum atomic E-state index is -1.17. The van der Waals surface area contributed by atoms with Crippen LogP contribution < -0.4 is 0 Å². The van der Waals surface area contributed by atoms with Crippen molar-refractivity contribution in [2.75, 3.05) is 0 Å². The Labute approximate surface area is 54.1 Å². The van der Waals surface area contributed by atoms with Gasteiger partial charge in [-0.15, -0.1) is 0 Å². The summed E-state index contributed by atoms with van der Waals surface area (Å²) < 4.78 is 8.51. The van der Waals surface area contributed by atoms with E-state index in [1.807, 2.05) is 0 Å². The van der Waals surface area contributed by atoms with Crippen LogP contribution in [0.25, 0.3) is 0 Å². The Kier molecular flexibility index (Phi) is 8.98. The van der Waals surface area contributed by atoms with E-state index in [1.54, 1.807) is 0 Å². The van der Waals surface area contributed by atoms with Crippen molar-refractivity contribution in [3.05, 3.63) is 12.2 Å². The minimum Gasteiger partial charge on any atom is -0.478 e. The molecule has 4 nitrogen and oxygen atoms in total. The van der Waals surface area contributed by atoms with Crippen LogP contribution in [0.15, 0.2) is 12.2 Å². The number of hydrogen-bond acceptors (Lipinski definition) is 2. The summed E-state index contributed by atoms with van der Waals surface area (Å²) in [5.41, 5.74) is 0.176. The van der Waals surface area contributed by atoms with Crippen molar-refractivity contribution in [1.29, 1.82) is 0 Å². The lowest BCUT2D eigenvalue weighted by Gasteiger charge is -1.79. The maximum atomic E-state index is 9.60. The molecular formula is C4H8O4P+. The molecule has 1 unspecified atom stereocenters. The Morgan fingerprint density at radius 2 is 1.78 bits per heavy atom. The molecule has 0 fully saturated rings. The SMILES string of the molecule is C=C(C)C(=O)O.O=[PH+]O. The first-order valence-corrected chi connectivity index (χ1v) is 2.81. The van der Waals surface area contributed by atoms with Crippen molar-refractivity contribution in [3.8, 4) is 0 Å². The zero-order chi connectivity index (χ0) is 7.86. The normalized spacial score (nSPS) is 7.33. The van der Waals surface area contributed by atoms with Gasteiger partial charge in [0.25, 0.3) is 0 Å². The summed E-state index contributed by atoms with van der Waals surface area (Å²) in [7, 11) is -1.17. The van der Waals surface area contributed by atoms with Gasteiger partial charge in [0.1, 0.15) is 0 Å². The van der Waals surface area contributed by atoms with Crippen LogP contribution >= 0.6 is 8.69 Å². The lowest BCUT2D eigenvalue weighted by Crippen LogP contribution is -1.92. The number of carboxylic acids is 1. The average molecular weight is 151 g/mol. The maximum Gasteiger partial charge on any atom is 0.491 e. The monoisotopic (exact) mass is 151 g/mol. The molecule has 0 amide bonds. The standard InChI is InChI=1S/C4H6O2.HO2P/c1-3(2)4(5)6;1-3-2/h1H2,2H3,(H,5,6);3H/p+1. The quantitative estimate of drug-likeness (QED) is 0.424. The summed E-state index contributed by atoms with van der Waals surface area (Å²) in [6.07, 6.45) is 0. The summed E-state index contributed by atoms with van der Waals surface area (Å²) in [5, 5.41) is 7.89. The van der Waals surface area contributed by atoms with Gasteiger partial charge >= 0.3 is 14.7 Å². The molecule has 5 heteroatoms. The van der Waals surface area contributed by atoms with Gasteiger partial charge in [-0.2, -0.15) is 4.89 Å². The molecule has 0 aromatic rings. The number of rotatable bonds is 1. The molecule has 52 valence electrons. The molecule has 0 aliphatic heterocycles. The minimum absolute atomic E-state index is 0.176. The van der Waals surface area contributed by atoms with Crippen LogP contribution in [0.4, 0.5) is 0 Å². The van der Waals surface area contributed by atoms with Crippen LogP contribution in [-0.4, -0.2) is 16.0 Å². The molecule has 0 aromatic carbocycles. The second-order valence-corrected chi connectivity index (χ2v) is 1.36. The van der Waals surface area contributed by atoms with Gasteiger partial charge in [-0.05, 0) is 11.5 Å².